The maximum absolute atomic E-state index is 14.0. The zero-order chi connectivity index (χ0) is 19.2. The average molecular weight is 406 g/mol. The standard InChI is InChI=1S/C17H19ClF3N3OS/c1-17(2,3)26(25)23-13(15(20)21)11-8-24(9-5-4-6-9)16-10(11)7-12(19)14(18)22-16/h7-9,15H,4-6H2,1-3H3/b23-13+/t26-/m0/s1. The topological polar surface area (TPSA) is 53.2 Å². The van der Waals surface area contributed by atoms with Gasteiger partial charge in [0.25, 0.3) is 6.43 Å². The molecule has 1 saturated carbocycles. The van der Waals surface area contributed by atoms with Gasteiger partial charge in [0.1, 0.15) is 21.8 Å². The Balaban J connectivity index is 2.21. The number of aromatic nitrogens is 2. The van der Waals surface area contributed by atoms with Crippen LogP contribution in [0.3, 0.4) is 0 Å². The summed E-state index contributed by atoms with van der Waals surface area (Å²) in [6.45, 7) is 4.94. The molecule has 0 radical (unpaired) electrons. The molecule has 1 atom stereocenters. The van der Waals surface area contributed by atoms with Gasteiger partial charge in [-0.2, -0.15) is 0 Å². The highest BCUT2D eigenvalue weighted by atomic mass is 35.5. The van der Waals surface area contributed by atoms with E-state index in [0.717, 1.165) is 25.3 Å². The van der Waals surface area contributed by atoms with Gasteiger partial charge >= 0.3 is 0 Å². The molecule has 2 aromatic heterocycles. The Morgan fingerprint density at radius 1 is 1.42 bits per heavy atom. The van der Waals surface area contributed by atoms with E-state index in [2.05, 4.69) is 9.38 Å². The summed E-state index contributed by atoms with van der Waals surface area (Å²) in [6.07, 6.45) is 1.34. The summed E-state index contributed by atoms with van der Waals surface area (Å²) in [4.78, 5) is 4.05. The molecule has 4 nitrogen and oxygen atoms in total. The van der Waals surface area contributed by atoms with Gasteiger partial charge in [0.2, 0.25) is 0 Å². The first-order valence-electron chi connectivity index (χ1n) is 8.25. The fourth-order valence-corrected chi connectivity index (χ4v) is 3.47. The van der Waals surface area contributed by atoms with Gasteiger partial charge in [-0.05, 0) is 46.1 Å². The minimum Gasteiger partial charge on any atom is -0.591 e. The number of alkyl halides is 2. The Kier molecular flexibility index (Phi) is 5.29. The molecule has 0 spiro atoms. The van der Waals surface area contributed by atoms with Crippen LogP contribution in [0.5, 0.6) is 0 Å². The molecule has 0 saturated heterocycles. The fourth-order valence-electron chi connectivity index (χ4n) is 2.70. The molecule has 1 aliphatic carbocycles. The summed E-state index contributed by atoms with van der Waals surface area (Å²) in [5, 5.41) is -0.111. The third-order valence-corrected chi connectivity index (χ3v) is 6.05. The van der Waals surface area contributed by atoms with Crippen LogP contribution in [0.1, 0.15) is 51.6 Å². The van der Waals surface area contributed by atoms with E-state index in [4.69, 9.17) is 11.6 Å². The lowest BCUT2D eigenvalue weighted by Gasteiger charge is -2.27. The van der Waals surface area contributed by atoms with Gasteiger partial charge in [-0.1, -0.05) is 16.0 Å². The maximum Gasteiger partial charge on any atom is 0.285 e. The van der Waals surface area contributed by atoms with E-state index in [9.17, 15) is 17.7 Å². The van der Waals surface area contributed by atoms with Crippen LogP contribution in [0, 0.1) is 5.82 Å². The summed E-state index contributed by atoms with van der Waals surface area (Å²) in [7, 11) is 0. The van der Waals surface area contributed by atoms with Crippen molar-refractivity contribution >= 4 is 39.7 Å². The Labute approximate surface area is 157 Å². The third-order valence-electron chi connectivity index (χ3n) is 4.37. The predicted octanol–water partition coefficient (Wildman–Crippen LogP) is 5.07. The minimum absolute atomic E-state index is 0.0440. The van der Waals surface area contributed by atoms with Crippen LogP contribution in [0.2, 0.25) is 5.15 Å². The third kappa shape index (κ3) is 3.59. The number of fused-ring (bicyclic) bond motifs is 1. The van der Waals surface area contributed by atoms with Crippen molar-refractivity contribution in [3.8, 4) is 0 Å². The molecule has 0 unspecified atom stereocenters. The molecule has 26 heavy (non-hydrogen) atoms. The van der Waals surface area contributed by atoms with Gasteiger partial charge in [-0.25, -0.2) is 18.2 Å². The lowest BCUT2D eigenvalue weighted by molar-refractivity contribution is 0.226. The molecular formula is C17H19ClF3N3OS. The van der Waals surface area contributed by atoms with Crippen molar-refractivity contribution in [3.63, 3.8) is 0 Å². The normalized spacial score (nSPS) is 17.8. The fraction of sp³-hybridized carbons (Fsp3) is 0.529. The zero-order valence-corrected chi connectivity index (χ0v) is 16.2. The summed E-state index contributed by atoms with van der Waals surface area (Å²) >= 11 is 3.92. The first-order chi connectivity index (χ1) is 12.1. The van der Waals surface area contributed by atoms with Crippen molar-refractivity contribution in [2.24, 2.45) is 4.40 Å². The molecular weight excluding hydrogens is 387 g/mol. The predicted molar refractivity (Wildman–Crippen MR) is 98.0 cm³/mol. The van der Waals surface area contributed by atoms with E-state index in [1.165, 1.54) is 6.20 Å². The summed E-state index contributed by atoms with van der Waals surface area (Å²) in [6, 6.07) is 1.19. The highest BCUT2D eigenvalue weighted by Crippen LogP contribution is 2.37. The molecule has 0 aromatic carbocycles. The van der Waals surface area contributed by atoms with E-state index >= 15 is 0 Å². The van der Waals surface area contributed by atoms with Crippen LogP contribution in [0.25, 0.3) is 11.0 Å². The Hall–Kier alpha value is -1.25. The highest BCUT2D eigenvalue weighted by molar-refractivity contribution is 7.91. The van der Waals surface area contributed by atoms with Crippen molar-refractivity contribution in [3.05, 3.63) is 28.8 Å². The summed E-state index contributed by atoms with van der Waals surface area (Å²) in [5.41, 5.74) is -0.238. The highest BCUT2D eigenvalue weighted by Gasteiger charge is 2.33. The molecule has 1 aliphatic rings. The molecule has 2 heterocycles. The second-order valence-corrected chi connectivity index (χ2v) is 9.57. The monoisotopic (exact) mass is 405 g/mol. The maximum atomic E-state index is 14.0. The molecule has 3 rings (SSSR count). The summed E-state index contributed by atoms with van der Waals surface area (Å²) in [5.74, 6) is -0.794. The molecule has 142 valence electrons. The number of hydrogen-bond acceptors (Lipinski definition) is 3. The van der Waals surface area contributed by atoms with Crippen molar-refractivity contribution < 1.29 is 17.7 Å². The molecule has 2 aromatic rings. The smallest absolute Gasteiger partial charge is 0.285 e. The second-order valence-electron chi connectivity index (χ2n) is 7.31. The first kappa shape index (κ1) is 19.5. The van der Waals surface area contributed by atoms with Crippen LogP contribution in [-0.2, 0) is 11.4 Å². The zero-order valence-electron chi connectivity index (χ0n) is 14.6. The molecule has 0 aliphatic heterocycles. The minimum atomic E-state index is -2.96. The van der Waals surface area contributed by atoms with Gasteiger partial charge in [0, 0.05) is 23.2 Å². The number of rotatable bonds is 4. The van der Waals surface area contributed by atoms with E-state index in [0.29, 0.717) is 5.65 Å². The van der Waals surface area contributed by atoms with E-state index in [1.54, 1.807) is 25.3 Å². The van der Waals surface area contributed by atoms with Gasteiger partial charge < -0.3 is 9.12 Å². The molecule has 1 fully saturated rings. The SMILES string of the molecule is CC(C)(C)[S@+]([O-])/N=C(\c1cn(C2CCC2)c2nc(Cl)c(F)cc12)C(F)F. The Bertz CT molecular complexity index is 859. The number of halogens is 4. The second kappa shape index (κ2) is 7.05. The van der Waals surface area contributed by atoms with Gasteiger partial charge in [0.15, 0.2) is 16.7 Å². The Morgan fingerprint density at radius 3 is 2.58 bits per heavy atom. The number of nitrogens with zero attached hydrogens (tertiary/aromatic N) is 3. The molecule has 0 amide bonds. The first-order valence-corrected chi connectivity index (χ1v) is 9.73. The van der Waals surface area contributed by atoms with Crippen LogP contribution in [0.4, 0.5) is 13.2 Å². The van der Waals surface area contributed by atoms with Crippen LogP contribution in [-0.4, -0.2) is 31.0 Å². The Morgan fingerprint density at radius 2 is 2.08 bits per heavy atom. The molecule has 0 N–H and O–H groups in total. The van der Waals surface area contributed by atoms with E-state index in [-0.39, 0.29) is 22.1 Å². The van der Waals surface area contributed by atoms with Gasteiger partial charge in [-0.3, -0.25) is 0 Å². The van der Waals surface area contributed by atoms with E-state index in [1.807, 2.05) is 0 Å². The lowest BCUT2D eigenvalue weighted by atomic mass is 9.93. The molecule has 0 bridgehead atoms. The van der Waals surface area contributed by atoms with Crippen LogP contribution in [0.15, 0.2) is 16.7 Å². The van der Waals surface area contributed by atoms with E-state index < -0.39 is 34.1 Å². The number of pyridine rings is 1. The van der Waals surface area contributed by atoms with Crippen LogP contribution >= 0.6 is 11.6 Å². The van der Waals surface area contributed by atoms with Gasteiger partial charge in [-0.15, -0.1) is 0 Å². The van der Waals surface area contributed by atoms with Crippen molar-refractivity contribution in [1.29, 1.82) is 0 Å². The average Bonchev–Trinajstić information content (AvgIpc) is 2.80. The van der Waals surface area contributed by atoms with Gasteiger partial charge in [0.05, 0.1) is 0 Å². The quantitative estimate of drug-likeness (QED) is 0.405. The number of hydrogen-bond donors (Lipinski definition) is 0. The van der Waals surface area contributed by atoms with Crippen molar-refractivity contribution in [1.82, 2.24) is 9.55 Å². The van der Waals surface area contributed by atoms with Crippen molar-refractivity contribution in [2.75, 3.05) is 0 Å². The molecule has 9 heteroatoms. The summed E-state index contributed by atoms with van der Waals surface area (Å²) < 4.78 is 58.4. The van der Waals surface area contributed by atoms with Crippen LogP contribution < -0.4 is 0 Å². The lowest BCUT2D eigenvalue weighted by Crippen LogP contribution is -2.28. The van der Waals surface area contributed by atoms with Crippen molar-refractivity contribution in [2.45, 2.75) is 57.2 Å². The largest absolute Gasteiger partial charge is 0.591 e.